The number of carbonyl (C=O) groups is 2. The minimum Gasteiger partial charge on any atom is -0.462 e. The minimum absolute atomic E-state index is 0.171. The number of hydrogen-bond donors (Lipinski definition) is 2. The molecule has 8 nitrogen and oxygen atoms in total. The van der Waals surface area contributed by atoms with E-state index in [1.165, 1.54) is 70.6 Å². The lowest BCUT2D eigenvalue weighted by molar-refractivity contribution is -0.161. The molecule has 2 N–H and O–H groups in total. The molecule has 0 fully saturated rings. The highest BCUT2D eigenvalue weighted by Gasteiger charge is 2.22. The van der Waals surface area contributed by atoms with Gasteiger partial charge in [-0.1, -0.05) is 152 Å². The van der Waals surface area contributed by atoms with E-state index in [0.29, 0.717) is 12.8 Å². The van der Waals surface area contributed by atoms with Crippen LogP contribution in [-0.2, 0) is 28.2 Å². The Balaban J connectivity index is 4.00. The van der Waals surface area contributed by atoms with Crippen molar-refractivity contribution < 1.29 is 37.9 Å². The highest BCUT2D eigenvalue weighted by molar-refractivity contribution is 7.46. The zero-order chi connectivity index (χ0) is 38.2. The molecule has 300 valence electrons. The molecule has 9 heteroatoms. The number of phosphoric acid groups is 1. The molecule has 0 radical (unpaired) electrons. The lowest BCUT2D eigenvalue weighted by Gasteiger charge is -2.18. The third-order valence-electron chi connectivity index (χ3n) is 8.49. The van der Waals surface area contributed by atoms with E-state index >= 15 is 0 Å². The number of unbranched alkanes of at least 4 members (excludes halogenated alkanes) is 17. The summed E-state index contributed by atoms with van der Waals surface area (Å²) in [6.07, 6.45) is 47.9. The van der Waals surface area contributed by atoms with Crippen molar-refractivity contribution in [3.63, 3.8) is 0 Å². The second-order valence-corrected chi connectivity index (χ2v) is 14.8. The summed E-state index contributed by atoms with van der Waals surface area (Å²) in [5.41, 5.74) is 0. The van der Waals surface area contributed by atoms with E-state index in [1.807, 2.05) is 0 Å². The summed E-state index contributed by atoms with van der Waals surface area (Å²) in [6, 6.07) is 0. The standard InChI is InChI=1S/C43H75O8P/c1-3-5-7-9-11-13-15-17-19-21-23-25-27-29-31-33-35-37-42(44)49-39-41(40-50-52(46,47)48)51-43(45)38-36-34-32-30-28-26-24-22-20-18-16-14-12-10-8-6-4-2/h8,10,14,16-17,19-20,22,26,28,41H,3-7,9,11-13,15,18,21,23-25,27,29-40H2,1-2H3,(H2,46,47,48)/b10-8+,16-14+,19-17+,22-20+,28-26+/t41-/m1/s1. The van der Waals surface area contributed by atoms with Crippen molar-refractivity contribution in [1.29, 1.82) is 0 Å². The molecule has 0 saturated heterocycles. The maximum absolute atomic E-state index is 12.4. The van der Waals surface area contributed by atoms with Gasteiger partial charge in [-0.05, 0) is 77.0 Å². The van der Waals surface area contributed by atoms with Crippen molar-refractivity contribution in [1.82, 2.24) is 0 Å². The quantitative estimate of drug-likeness (QED) is 0.0279. The molecular formula is C43H75O8P. The van der Waals surface area contributed by atoms with Crippen LogP contribution in [0.5, 0.6) is 0 Å². The molecule has 52 heavy (non-hydrogen) atoms. The number of rotatable bonds is 37. The molecule has 0 amide bonds. The molecule has 0 heterocycles. The van der Waals surface area contributed by atoms with Crippen molar-refractivity contribution in [3.8, 4) is 0 Å². The Morgan fingerprint density at radius 1 is 0.500 bits per heavy atom. The van der Waals surface area contributed by atoms with Gasteiger partial charge >= 0.3 is 19.8 Å². The zero-order valence-electron chi connectivity index (χ0n) is 32.9. The van der Waals surface area contributed by atoms with E-state index in [4.69, 9.17) is 19.3 Å². The van der Waals surface area contributed by atoms with Crippen molar-refractivity contribution in [2.75, 3.05) is 13.2 Å². The summed E-state index contributed by atoms with van der Waals surface area (Å²) in [6.45, 7) is 3.58. The van der Waals surface area contributed by atoms with Gasteiger partial charge < -0.3 is 19.3 Å². The first kappa shape index (κ1) is 49.8. The van der Waals surface area contributed by atoms with Gasteiger partial charge in [0.05, 0.1) is 6.61 Å². The summed E-state index contributed by atoms with van der Waals surface area (Å²) in [5.74, 6) is -0.928. The molecule has 0 aromatic carbocycles. The van der Waals surface area contributed by atoms with Crippen LogP contribution in [0.15, 0.2) is 60.8 Å². The molecule has 0 saturated carbocycles. The summed E-state index contributed by atoms with van der Waals surface area (Å²) in [5, 5.41) is 0. The lowest BCUT2D eigenvalue weighted by Crippen LogP contribution is -2.29. The number of hydrogen-bond acceptors (Lipinski definition) is 6. The third kappa shape index (κ3) is 40.5. The van der Waals surface area contributed by atoms with Crippen LogP contribution in [0.25, 0.3) is 0 Å². The van der Waals surface area contributed by atoms with Gasteiger partial charge in [-0.2, -0.15) is 0 Å². The Morgan fingerprint density at radius 3 is 1.40 bits per heavy atom. The molecule has 0 spiro atoms. The fourth-order valence-corrected chi connectivity index (χ4v) is 5.78. The smallest absolute Gasteiger partial charge is 0.462 e. The molecule has 0 aromatic heterocycles. The Kier molecular flexibility index (Phi) is 36.8. The molecule has 0 bridgehead atoms. The Bertz CT molecular complexity index is 1030. The van der Waals surface area contributed by atoms with Crippen LogP contribution >= 0.6 is 7.82 Å². The Hall–Kier alpha value is -2.25. The van der Waals surface area contributed by atoms with Gasteiger partial charge in [-0.3, -0.25) is 14.1 Å². The van der Waals surface area contributed by atoms with Crippen molar-refractivity contribution in [3.05, 3.63) is 60.8 Å². The molecule has 0 aromatic rings. The highest BCUT2D eigenvalue weighted by atomic mass is 31.2. The molecule has 0 rings (SSSR count). The molecule has 0 unspecified atom stereocenters. The number of esters is 2. The topological polar surface area (TPSA) is 119 Å². The molecule has 1 atom stereocenters. The van der Waals surface area contributed by atoms with Gasteiger partial charge in [0.25, 0.3) is 0 Å². The zero-order valence-corrected chi connectivity index (χ0v) is 33.8. The minimum atomic E-state index is -4.77. The van der Waals surface area contributed by atoms with E-state index in [0.717, 1.165) is 70.6 Å². The van der Waals surface area contributed by atoms with Crippen LogP contribution in [-0.4, -0.2) is 41.0 Å². The van der Waals surface area contributed by atoms with Gasteiger partial charge in [0.15, 0.2) is 6.10 Å². The van der Waals surface area contributed by atoms with Crippen LogP contribution in [0, 0.1) is 0 Å². The number of phosphoric ester groups is 1. The molecule has 0 aliphatic heterocycles. The predicted molar refractivity (Wildman–Crippen MR) is 216 cm³/mol. The summed E-state index contributed by atoms with van der Waals surface area (Å²) in [7, 11) is -4.77. The van der Waals surface area contributed by atoms with E-state index in [1.54, 1.807) is 0 Å². The third-order valence-corrected chi connectivity index (χ3v) is 8.98. The van der Waals surface area contributed by atoms with Gasteiger partial charge in [0, 0.05) is 12.8 Å². The van der Waals surface area contributed by atoms with Crippen LogP contribution in [0.2, 0.25) is 0 Å². The first-order valence-electron chi connectivity index (χ1n) is 20.6. The SMILES string of the molecule is CCC/C=C/C/C=C/C/C=C/C/C=C/CCCCCC(=O)O[C@H](COC(=O)CCCCCCCCC/C=C/CCCCCCCC)COP(=O)(O)O. The van der Waals surface area contributed by atoms with E-state index in [9.17, 15) is 14.2 Å². The maximum Gasteiger partial charge on any atom is 0.469 e. The summed E-state index contributed by atoms with van der Waals surface area (Å²) >= 11 is 0. The first-order chi connectivity index (χ1) is 25.3. The fraction of sp³-hybridized carbons (Fsp3) is 0.721. The van der Waals surface area contributed by atoms with Gasteiger partial charge in [0.1, 0.15) is 6.61 Å². The Morgan fingerprint density at radius 2 is 0.904 bits per heavy atom. The van der Waals surface area contributed by atoms with Gasteiger partial charge in [-0.15, -0.1) is 0 Å². The van der Waals surface area contributed by atoms with Crippen LogP contribution in [0.3, 0.4) is 0 Å². The monoisotopic (exact) mass is 751 g/mol. The predicted octanol–water partition coefficient (Wildman–Crippen LogP) is 12.5. The number of allylic oxidation sites excluding steroid dienone is 10. The van der Waals surface area contributed by atoms with Crippen molar-refractivity contribution >= 4 is 19.8 Å². The average molecular weight is 751 g/mol. The molecule has 0 aliphatic rings. The van der Waals surface area contributed by atoms with Gasteiger partial charge in [-0.25, -0.2) is 4.57 Å². The summed E-state index contributed by atoms with van der Waals surface area (Å²) in [4.78, 5) is 42.8. The number of carbonyl (C=O) groups excluding carboxylic acids is 2. The second kappa shape index (κ2) is 38.5. The highest BCUT2D eigenvalue weighted by Crippen LogP contribution is 2.36. The van der Waals surface area contributed by atoms with E-state index in [-0.39, 0.29) is 19.4 Å². The largest absolute Gasteiger partial charge is 0.469 e. The van der Waals surface area contributed by atoms with Gasteiger partial charge in [0.2, 0.25) is 0 Å². The normalized spacial score (nSPS) is 13.1. The average Bonchev–Trinajstić information content (AvgIpc) is 3.11. The second-order valence-electron chi connectivity index (χ2n) is 13.6. The summed E-state index contributed by atoms with van der Waals surface area (Å²) < 4.78 is 26.3. The fourth-order valence-electron chi connectivity index (χ4n) is 5.42. The number of ether oxygens (including phenoxy) is 2. The van der Waals surface area contributed by atoms with Crippen LogP contribution in [0.1, 0.15) is 181 Å². The van der Waals surface area contributed by atoms with E-state index < -0.39 is 32.5 Å². The van der Waals surface area contributed by atoms with Crippen LogP contribution in [0.4, 0.5) is 0 Å². The molecule has 0 aliphatic carbocycles. The molecular weight excluding hydrogens is 675 g/mol. The van der Waals surface area contributed by atoms with Crippen molar-refractivity contribution in [2.45, 2.75) is 187 Å². The van der Waals surface area contributed by atoms with Crippen molar-refractivity contribution in [2.24, 2.45) is 0 Å². The van der Waals surface area contributed by atoms with Crippen LogP contribution < -0.4 is 0 Å². The van der Waals surface area contributed by atoms with E-state index in [2.05, 4.69) is 79.1 Å². The Labute approximate surface area is 317 Å². The first-order valence-corrected chi connectivity index (χ1v) is 22.1. The maximum atomic E-state index is 12.4. The lowest BCUT2D eigenvalue weighted by atomic mass is 10.1.